The number of hydrogen-bond acceptors (Lipinski definition) is 2. The van der Waals surface area contributed by atoms with Crippen LogP contribution in [0, 0.1) is 5.41 Å². The van der Waals surface area contributed by atoms with E-state index in [1.165, 1.54) is 0 Å². The van der Waals surface area contributed by atoms with Crippen molar-refractivity contribution >= 4 is 29.1 Å². The molecule has 0 aromatic heterocycles. The highest BCUT2D eigenvalue weighted by atomic mass is 35.5. The van der Waals surface area contributed by atoms with E-state index in [9.17, 15) is 9.90 Å². The van der Waals surface area contributed by atoms with Crippen LogP contribution < -0.4 is 0 Å². The lowest BCUT2D eigenvalue weighted by molar-refractivity contribution is -0.154. The highest BCUT2D eigenvalue weighted by Crippen LogP contribution is 2.52. The number of hydrogen-bond donors (Lipinski definition) is 1. The summed E-state index contributed by atoms with van der Waals surface area (Å²) in [7, 11) is 0. The molecule has 0 radical (unpaired) electrons. The van der Waals surface area contributed by atoms with E-state index in [1.54, 1.807) is 0 Å². The van der Waals surface area contributed by atoms with E-state index in [-0.39, 0.29) is 30.0 Å². The molecule has 3 rings (SSSR count). The van der Waals surface area contributed by atoms with Crippen molar-refractivity contribution in [2.24, 2.45) is 5.41 Å². The molecule has 184 valence electrons. The SMILES string of the molecule is C=CCC1(C)CC(c2cccc(Cl)c2)C(c2ccc(Cl)cc2)N([C@@H](CC)CCC[C@H](C)O)C1=O. The number of halogens is 2. The minimum atomic E-state index is -0.546. The maximum atomic E-state index is 14.2. The number of rotatable bonds is 10. The van der Waals surface area contributed by atoms with Gasteiger partial charge in [-0.05, 0) is 80.8 Å². The number of amides is 1. The summed E-state index contributed by atoms with van der Waals surface area (Å²) in [6.45, 7) is 9.99. The van der Waals surface area contributed by atoms with Crippen molar-refractivity contribution in [3.05, 3.63) is 82.4 Å². The smallest absolute Gasteiger partial charge is 0.229 e. The van der Waals surface area contributed by atoms with Crippen LogP contribution in [0.1, 0.15) is 82.4 Å². The van der Waals surface area contributed by atoms with E-state index < -0.39 is 5.41 Å². The lowest BCUT2D eigenvalue weighted by Crippen LogP contribution is -2.55. The number of carbonyl (C=O) groups excluding carboxylic acids is 1. The van der Waals surface area contributed by atoms with Crippen LogP contribution in [0.4, 0.5) is 0 Å². The van der Waals surface area contributed by atoms with E-state index >= 15 is 0 Å². The highest BCUT2D eigenvalue weighted by molar-refractivity contribution is 6.30. The maximum absolute atomic E-state index is 14.2. The molecule has 0 aliphatic carbocycles. The number of likely N-dealkylation sites (tertiary alicyclic amines) is 1. The van der Waals surface area contributed by atoms with Gasteiger partial charge in [-0.25, -0.2) is 0 Å². The summed E-state index contributed by atoms with van der Waals surface area (Å²) in [5, 5.41) is 11.2. The topological polar surface area (TPSA) is 40.5 Å². The molecule has 1 aliphatic heterocycles. The number of aliphatic hydroxyl groups is 1. The Kier molecular flexibility index (Phi) is 9.26. The van der Waals surface area contributed by atoms with Crippen LogP contribution >= 0.6 is 23.2 Å². The van der Waals surface area contributed by atoms with E-state index in [0.717, 1.165) is 36.8 Å². The third-order valence-corrected chi connectivity index (χ3v) is 7.70. The minimum absolute atomic E-state index is 0.0676. The molecule has 0 bridgehead atoms. The quantitative estimate of drug-likeness (QED) is 0.335. The molecule has 1 heterocycles. The van der Waals surface area contributed by atoms with Crippen molar-refractivity contribution in [1.82, 2.24) is 4.90 Å². The number of allylic oxidation sites excluding steroid dienone is 1. The second-order valence-corrected chi connectivity index (χ2v) is 10.8. The molecule has 3 unspecified atom stereocenters. The third-order valence-electron chi connectivity index (χ3n) is 7.21. The molecule has 1 aliphatic rings. The van der Waals surface area contributed by atoms with Crippen molar-refractivity contribution in [2.45, 2.75) is 83.4 Å². The normalized spacial score (nSPS) is 24.6. The Balaban J connectivity index is 2.15. The first-order chi connectivity index (χ1) is 16.2. The molecule has 3 nitrogen and oxygen atoms in total. The Morgan fingerprint density at radius 1 is 1.15 bits per heavy atom. The van der Waals surface area contributed by atoms with Crippen LogP contribution in [0.25, 0.3) is 0 Å². The molecule has 1 saturated heterocycles. The number of carbonyl (C=O) groups is 1. The van der Waals surface area contributed by atoms with Gasteiger partial charge in [-0.15, -0.1) is 6.58 Å². The molecular weight excluding hydrogens is 465 g/mol. The molecule has 2 aromatic carbocycles. The van der Waals surface area contributed by atoms with Crippen molar-refractivity contribution in [1.29, 1.82) is 0 Å². The van der Waals surface area contributed by atoms with Gasteiger partial charge in [-0.3, -0.25) is 4.79 Å². The Hall–Kier alpha value is -1.81. The molecule has 1 fully saturated rings. The number of aliphatic hydroxyl groups excluding tert-OH is 1. The molecule has 34 heavy (non-hydrogen) atoms. The van der Waals surface area contributed by atoms with Gasteiger partial charge in [-0.1, -0.05) is 67.4 Å². The second kappa shape index (κ2) is 11.7. The Bertz CT molecular complexity index is 974. The highest BCUT2D eigenvalue weighted by Gasteiger charge is 2.50. The van der Waals surface area contributed by atoms with Gasteiger partial charge in [0.05, 0.1) is 17.6 Å². The summed E-state index contributed by atoms with van der Waals surface area (Å²) in [6, 6.07) is 15.9. The van der Waals surface area contributed by atoms with Gasteiger partial charge in [-0.2, -0.15) is 0 Å². The molecule has 0 spiro atoms. The molecule has 0 saturated carbocycles. The average Bonchev–Trinajstić information content (AvgIpc) is 2.79. The fourth-order valence-electron chi connectivity index (χ4n) is 5.48. The van der Waals surface area contributed by atoms with Crippen molar-refractivity contribution in [3.63, 3.8) is 0 Å². The van der Waals surface area contributed by atoms with E-state index in [0.29, 0.717) is 22.9 Å². The van der Waals surface area contributed by atoms with Crippen molar-refractivity contribution in [3.8, 4) is 0 Å². The summed E-state index contributed by atoms with van der Waals surface area (Å²) >= 11 is 12.7. The second-order valence-electron chi connectivity index (χ2n) is 9.97. The van der Waals surface area contributed by atoms with Gasteiger partial charge in [0, 0.05) is 22.0 Å². The van der Waals surface area contributed by atoms with Crippen LogP contribution in [0.5, 0.6) is 0 Å². The zero-order valence-corrected chi connectivity index (χ0v) is 22.0. The lowest BCUT2D eigenvalue weighted by Gasteiger charge is -2.52. The van der Waals surface area contributed by atoms with Gasteiger partial charge in [0.2, 0.25) is 5.91 Å². The Morgan fingerprint density at radius 3 is 2.44 bits per heavy atom. The molecule has 5 heteroatoms. The summed E-state index contributed by atoms with van der Waals surface area (Å²) in [5.74, 6) is 0.253. The van der Waals surface area contributed by atoms with Crippen molar-refractivity contribution < 1.29 is 9.90 Å². The summed E-state index contributed by atoms with van der Waals surface area (Å²) in [6.07, 6.45) is 6.16. The van der Waals surface area contributed by atoms with Crippen LogP contribution in [0.3, 0.4) is 0 Å². The summed E-state index contributed by atoms with van der Waals surface area (Å²) in [4.78, 5) is 16.3. The standard InChI is InChI=1S/C29H37Cl2NO2/c1-5-17-29(4)19-26(22-10-8-11-24(31)18-22)27(21-13-15-23(30)16-14-21)32(28(29)34)25(6-2)12-7-9-20(3)33/h5,8,10-11,13-16,18,20,25-27,33H,1,6-7,9,12,17,19H2,2-4H3/t20-,25-,26?,27?,29?/m0/s1. The first kappa shape index (κ1) is 26.8. The fraction of sp³-hybridized carbons (Fsp3) is 0.483. The number of benzene rings is 2. The maximum Gasteiger partial charge on any atom is 0.229 e. The number of nitrogens with zero attached hydrogens (tertiary/aromatic N) is 1. The van der Waals surface area contributed by atoms with E-state index in [1.807, 2.05) is 55.5 Å². The zero-order chi connectivity index (χ0) is 24.9. The van der Waals surface area contributed by atoms with Crippen molar-refractivity contribution in [2.75, 3.05) is 0 Å². The van der Waals surface area contributed by atoms with E-state index in [4.69, 9.17) is 23.2 Å². The predicted molar refractivity (Wildman–Crippen MR) is 142 cm³/mol. The molecule has 1 amide bonds. The van der Waals surface area contributed by atoms with Gasteiger partial charge in [0.15, 0.2) is 0 Å². The Labute approximate surface area is 214 Å². The summed E-state index contributed by atoms with van der Waals surface area (Å²) in [5.41, 5.74) is 1.67. The lowest BCUT2D eigenvalue weighted by atomic mass is 9.67. The third kappa shape index (κ3) is 6.05. The molecule has 2 aromatic rings. The molecule has 1 N–H and O–H groups in total. The largest absolute Gasteiger partial charge is 0.393 e. The predicted octanol–water partition coefficient (Wildman–Crippen LogP) is 7.96. The van der Waals surface area contributed by atoms with Crippen LogP contribution in [-0.2, 0) is 4.79 Å². The first-order valence-electron chi connectivity index (χ1n) is 12.3. The summed E-state index contributed by atoms with van der Waals surface area (Å²) < 4.78 is 0. The minimum Gasteiger partial charge on any atom is -0.393 e. The number of piperidine rings is 1. The van der Waals surface area contributed by atoms with E-state index in [2.05, 4.69) is 31.4 Å². The van der Waals surface area contributed by atoms with Crippen LogP contribution in [0.15, 0.2) is 61.2 Å². The van der Waals surface area contributed by atoms with Gasteiger partial charge in [0.1, 0.15) is 0 Å². The monoisotopic (exact) mass is 501 g/mol. The van der Waals surface area contributed by atoms with Crippen LogP contribution in [0.2, 0.25) is 10.0 Å². The fourth-order valence-corrected chi connectivity index (χ4v) is 5.80. The molecular formula is C29H37Cl2NO2. The molecule has 5 atom stereocenters. The van der Waals surface area contributed by atoms with Gasteiger partial charge >= 0.3 is 0 Å². The zero-order valence-electron chi connectivity index (χ0n) is 20.5. The van der Waals surface area contributed by atoms with Gasteiger partial charge < -0.3 is 10.0 Å². The average molecular weight is 503 g/mol. The van der Waals surface area contributed by atoms with Crippen LogP contribution in [-0.4, -0.2) is 28.1 Å². The Morgan fingerprint density at radius 2 is 1.85 bits per heavy atom. The first-order valence-corrected chi connectivity index (χ1v) is 13.1. The van der Waals surface area contributed by atoms with Gasteiger partial charge in [0.25, 0.3) is 0 Å².